The number of rotatable bonds is 6. The van der Waals surface area contributed by atoms with E-state index < -0.39 is 11.8 Å². The third-order valence-electron chi connectivity index (χ3n) is 4.43. The molecule has 4 rings (SSSR count). The minimum absolute atomic E-state index is 0.227. The molecule has 0 atom stereocenters. The highest BCUT2D eigenvalue weighted by Gasteiger charge is 2.13. The lowest BCUT2D eigenvalue weighted by atomic mass is 10.2. The van der Waals surface area contributed by atoms with Gasteiger partial charge < -0.3 is 15.4 Å². The summed E-state index contributed by atoms with van der Waals surface area (Å²) in [5.41, 5.74) is 2.23. The van der Waals surface area contributed by atoms with Gasteiger partial charge in [0.1, 0.15) is 11.5 Å². The van der Waals surface area contributed by atoms with E-state index in [0.29, 0.717) is 11.4 Å². The number of nitrogens with one attached hydrogen (secondary N) is 2. The van der Waals surface area contributed by atoms with Crippen molar-refractivity contribution in [2.24, 2.45) is 0 Å². The van der Waals surface area contributed by atoms with E-state index in [9.17, 15) is 9.59 Å². The molecule has 2 amide bonds. The SMILES string of the molecule is O=C(NCc1cccc(-n2cccn2)c1)C(=O)Nc1ccc(Oc2ccccc2)cc1. The number of anilines is 1. The van der Waals surface area contributed by atoms with Crippen LogP contribution in [0.2, 0.25) is 0 Å². The molecule has 7 nitrogen and oxygen atoms in total. The molecule has 2 N–H and O–H groups in total. The molecule has 4 aromatic rings. The molecule has 0 fully saturated rings. The quantitative estimate of drug-likeness (QED) is 0.470. The summed E-state index contributed by atoms with van der Waals surface area (Å²) >= 11 is 0. The zero-order valence-corrected chi connectivity index (χ0v) is 16.6. The van der Waals surface area contributed by atoms with Crippen molar-refractivity contribution in [2.45, 2.75) is 6.54 Å². The molecule has 1 heterocycles. The molecule has 0 saturated heterocycles. The number of benzene rings is 3. The van der Waals surface area contributed by atoms with Crippen LogP contribution in [-0.2, 0) is 16.1 Å². The maximum absolute atomic E-state index is 12.2. The third kappa shape index (κ3) is 5.36. The zero-order chi connectivity index (χ0) is 21.5. The standard InChI is InChI=1S/C24H20N4O3/c29-23(25-17-18-6-4-7-20(16-18)28-15-5-14-26-28)24(30)27-19-10-12-22(13-11-19)31-21-8-2-1-3-9-21/h1-16H,17H2,(H,25,29)(H,27,30). The fourth-order valence-electron chi connectivity index (χ4n) is 2.91. The Morgan fingerprint density at radius 1 is 0.839 bits per heavy atom. The smallest absolute Gasteiger partial charge is 0.313 e. The largest absolute Gasteiger partial charge is 0.457 e. The van der Waals surface area contributed by atoms with Crippen LogP contribution in [0.1, 0.15) is 5.56 Å². The normalized spacial score (nSPS) is 10.3. The van der Waals surface area contributed by atoms with Crippen LogP contribution in [0, 0.1) is 0 Å². The first-order valence-electron chi connectivity index (χ1n) is 9.68. The molecule has 0 bridgehead atoms. The van der Waals surface area contributed by atoms with E-state index in [0.717, 1.165) is 17.0 Å². The Kier molecular flexibility index (Phi) is 6.04. The first kappa shape index (κ1) is 19.9. The van der Waals surface area contributed by atoms with Gasteiger partial charge in [0, 0.05) is 24.6 Å². The van der Waals surface area contributed by atoms with Gasteiger partial charge in [0.05, 0.1) is 5.69 Å². The molecule has 0 aliphatic carbocycles. The molecule has 0 spiro atoms. The average molecular weight is 412 g/mol. The lowest BCUT2D eigenvalue weighted by Gasteiger charge is -2.09. The van der Waals surface area contributed by atoms with E-state index >= 15 is 0 Å². The Labute approximate surface area is 179 Å². The van der Waals surface area contributed by atoms with Crippen molar-refractivity contribution < 1.29 is 14.3 Å². The summed E-state index contributed by atoms with van der Waals surface area (Å²) in [6, 6.07) is 25.6. The maximum atomic E-state index is 12.2. The molecule has 0 saturated carbocycles. The van der Waals surface area contributed by atoms with Gasteiger partial charge in [-0.05, 0) is 60.2 Å². The van der Waals surface area contributed by atoms with Gasteiger partial charge in [-0.2, -0.15) is 5.10 Å². The Morgan fingerprint density at radius 3 is 2.35 bits per heavy atom. The fourth-order valence-corrected chi connectivity index (χ4v) is 2.91. The first-order chi connectivity index (χ1) is 15.2. The van der Waals surface area contributed by atoms with Gasteiger partial charge in [0.25, 0.3) is 0 Å². The van der Waals surface area contributed by atoms with E-state index in [2.05, 4.69) is 15.7 Å². The summed E-state index contributed by atoms with van der Waals surface area (Å²) in [4.78, 5) is 24.4. The zero-order valence-electron chi connectivity index (χ0n) is 16.6. The highest BCUT2D eigenvalue weighted by molar-refractivity contribution is 6.39. The Morgan fingerprint density at radius 2 is 1.61 bits per heavy atom. The fraction of sp³-hybridized carbons (Fsp3) is 0.0417. The van der Waals surface area contributed by atoms with E-state index in [1.807, 2.05) is 66.9 Å². The van der Waals surface area contributed by atoms with Crippen LogP contribution in [0.5, 0.6) is 11.5 Å². The van der Waals surface area contributed by atoms with E-state index in [1.165, 1.54) is 0 Å². The second-order valence-corrected chi connectivity index (χ2v) is 6.70. The van der Waals surface area contributed by atoms with Gasteiger partial charge in [0.2, 0.25) is 0 Å². The highest BCUT2D eigenvalue weighted by atomic mass is 16.5. The average Bonchev–Trinajstić information content (AvgIpc) is 3.35. The van der Waals surface area contributed by atoms with Crippen molar-refractivity contribution in [3.63, 3.8) is 0 Å². The first-order valence-corrected chi connectivity index (χ1v) is 9.68. The van der Waals surface area contributed by atoms with E-state index in [1.54, 1.807) is 35.1 Å². The van der Waals surface area contributed by atoms with Gasteiger partial charge in [-0.15, -0.1) is 0 Å². The van der Waals surface area contributed by atoms with Crippen molar-refractivity contribution in [3.05, 3.63) is 103 Å². The Hall–Kier alpha value is -4.39. The summed E-state index contributed by atoms with van der Waals surface area (Å²) in [7, 11) is 0. The summed E-state index contributed by atoms with van der Waals surface area (Å²) in [6.07, 6.45) is 3.53. The molecule has 0 aliphatic heterocycles. The van der Waals surface area contributed by atoms with Crippen LogP contribution < -0.4 is 15.4 Å². The molecule has 154 valence electrons. The van der Waals surface area contributed by atoms with Crippen molar-refractivity contribution >= 4 is 17.5 Å². The van der Waals surface area contributed by atoms with Gasteiger partial charge in [-0.1, -0.05) is 30.3 Å². The van der Waals surface area contributed by atoms with Gasteiger partial charge in [-0.3, -0.25) is 9.59 Å². The van der Waals surface area contributed by atoms with E-state index in [-0.39, 0.29) is 6.54 Å². The van der Waals surface area contributed by atoms with Crippen LogP contribution in [0.3, 0.4) is 0 Å². The van der Waals surface area contributed by atoms with Crippen LogP contribution in [-0.4, -0.2) is 21.6 Å². The molecule has 0 radical (unpaired) electrons. The number of nitrogens with zero attached hydrogens (tertiary/aromatic N) is 2. The number of hydrogen-bond acceptors (Lipinski definition) is 4. The molecule has 3 aromatic carbocycles. The minimum atomic E-state index is -0.736. The van der Waals surface area contributed by atoms with Crippen molar-refractivity contribution in [2.75, 3.05) is 5.32 Å². The lowest BCUT2D eigenvalue weighted by Crippen LogP contribution is -2.34. The Bertz CT molecular complexity index is 1160. The van der Waals surface area contributed by atoms with Crippen LogP contribution in [0.25, 0.3) is 5.69 Å². The molecule has 0 aliphatic rings. The predicted molar refractivity (Wildman–Crippen MR) is 117 cm³/mol. The van der Waals surface area contributed by atoms with Crippen LogP contribution in [0.4, 0.5) is 5.69 Å². The number of amides is 2. The van der Waals surface area contributed by atoms with Crippen molar-refractivity contribution in [3.8, 4) is 17.2 Å². The van der Waals surface area contributed by atoms with E-state index in [4.69, 9.17) is 4.74 Å². The summed E-state index contributed by atoms with van der Waals surface area (Å²) < 4.78 is 7.44. The van der Waals surface area contributed by atoms with Gasteiger partial charge >= 0.3 is 11.8 Å². The van der Waals surface area contributed by atoms with Gasteiger partial charge in [0.15, 0.2) is 0 Å². The molecule has 31 heavy (non-hydrogen) atoms. The summed E-state index contributed by atoms with van der Waals surface area (Å²) in [5.74, 6) is -0.102. The third-order valence-corrected chi connectivity index (χ3v) is 4.43. The van der Waals surface area contributed by atoms with Crippen molar-refractivity contribution in [1.82, 2.24) is 15.1 Å². The number of ether oxygens (including phenoxy) is 1. The molecule has 7 heteroatoms. The number of para-hydroxylation sites is 1. The molecular formula is C24H20N4O3. The molecular weight excluding hydrogens is 392 g/mol. The topological polar surface area (TPSA) is 85.2 Å². The monoisotopic (exact) mass is 412 g/mol. The minimum Gasteiger partial charge on any atom is -0.457 e. The number of carbonyl (C=O) groups is 2. The summed E-state index contributed by atoms with van der Waals surface area (Å²) in [5, 5.41) is 9.40. The molecule has 1 aromatic heterocycles. The number of aromatic nitrogens is 2. The second-order valence-electron chi connectivity index (χ2n) is 6.70. The highest BCUT2D eigenvalue weighted by Crippen LogP contribution is 2.22. The van der Waals surface area contributed by atoms with Crippen molar-refractivity contribution in [1.29, 1.82) is 0 Å². The predicted octanol–water partition coefficient (Wildman–Crippen LogP) is 3.92. The van der Waals surface area contributed by atoms with Gasteiger partial charge in [-0.25, -0.2) is 4.68 Å². The maximum Gasteiger partial charge on any atom is 0.313 e. The number of hydrogen-bond donors (Lipinski definition) is 2. The lowest BCUT2D eigenvalue weighted by molar-refractivity contribution is -0.136. The van der Waals surface area contributed by atoms with Crippen LogP contribution in [0.15, 0.2) is 97.3 Å². The Balaban J connectivity index is 1.30. The second kappa shape index (κ2) is 9.41. The molecule has 0 unspecified atom stereocenters. The summed E-state index contributed by atoms with van der Waals surface area (Å²) in [6.45, 7) is 0.227. The number of carbonyl (C=O) groups excluding carboxylic acids is 2. The van der Waals surface area contributed by atoms with Crippen LogP contribution >= 0.6 is 0 Å².